The van der Waals surface area contributed by atoms with Gasteiger partial charge in [0, 0.05) is 41.8 Å². The van der Waals surface area contributed by atoms with Crippen molar-refractivity contribution in [2.75, 3.05) is 10.6 Å². The van der Waals surface area contributed by atoms with Gasteiger partial charge in [-0.25, -0.2) is 4.98 Å². The van der Waals surface area contributed by atoms with E-state index in [9.17, 15) is 5.11 Å². The molecule has 1 aliphatic rings. The Kier molecular flexibility index (Phi) is 3.70. The van der Waals surface area contributed by atoms with Crippen molar-refractivity contribution in [2.24, 2.45) is 0 Å². The number of phenolic OH excluding ortho intramolecular Hbond substituents is 1. The van der Waals surface area contributed by atoms with Crippen molar-refractivity contribution in [2.45, 2.75) is 18.9 Å². The summed E-state index contributed by atoms with van der Waals surface area (Å²) in [5.74, 6) is 1.47. The monoisotopic (exact) mass is 319 g/mol. The molecule has 1 aliphatic carbocycles. The van der Waals surface area contributed by atoms with Crippen molar-refractivity contribution in [3.05, 3.63) is 54.9 Å². The van der Waals surface area contributed by atoms with Gasteiger partial charge in [0.25, 0.3) is 0 Å². The highest BCUT2D eigenvalue weighted by molar-refractivity contribution is 5.67. The van der Waals surface area contributed by atoms with Crippen LogP contribution < -0.4 is 10.6 Å². The quantitative estimate of drug-likeness (QED) is 0.667. The summed E-state index contributed by atoms with van der Waals surface area (Å²) < 4.78 is 0. The maximum absolute atomic E-state index is 9.61. The average molecular weight is 319 g/mol. The van der Waals surface area contributed by atoms with Crippen molar-refractivity contribution in [1.82, 2.24) is 15.0 Å². The molecule has 120 valence electrons. The molecule has 3 N–H and O–H groups in total. The zero-order chi connectivity index (χ0) is 16.4. The van der Waals surface area contributed by atoms with Crippen LogP contribution in [0.3, 0.4) is 0 Å². The minimum absolute atomic E-state index is 0.206. The maximum atomic E-state index is 9.61. The van der Waals surface area contributed by atoms with E-state index in [1.807, 2.05) is 24.3 Å². The molecule has 0 aliphatic heterocycles. The Morgan fingerprint density at radius 2 is 1.96 bits per heavy atom. The van der Waals surface area contributed by atoms with Gasteiger partial charge in [-0.3, -0.25) is 4.98 Å². The Labute approximate surface area is 139 Å². The first-order valence-corrected chi connectivity index (χ1v) is 7.88. The highest BCUT2D eigenvalue weighted by Crippen LogP contribution is 2.27. The normalized spacial score (nSPS) is 13.5. The summed E-state index contributed by atoms with van der Waals surface area (Å²) in [4.78, 5) is 13.3. The van der Waals surface area contributed by atoms with E-state index in [1.165, 1.54) is 0 Å². The highest BCUT2D eigenvalue weighted by Gasteiger charge is 2.22. The van der Waals surface area contributed by atoms with Crippen molar-refractivity contribution >= 4 is 17.5 Å². The minimum Gasteiger partial charge on any atom is -0.508 e. The topological polar surface area (TPSA) is 83.0 Å². The molecule has 24 heavy (non-hydrogen) atoms. The molecule has 0 unspecified atom stereocenters. The number of rotatable bonds is 5. The molecule has 6 nitrogen and oxygen atoms in total. The van der Waals surface area contributed by atoms with Gasteiger partial charge in [0.1, 0.15) is 11.6 Å². The van der Waals surface area contributed by atoms with Crippen LogP contribution in [0.5, 0.6) is 5.75 Å². The fourth-order valence-electron chi connectivity index (χ4n) is 2.38. The number of hydrogen-bond acceptors (Lipinski definition) is 6. The van der Waals surface area contributed by atoms with Gasteiger partial charge in [-0.05, 0) is 37.1 Å². The second-order valence-electron chi connectivity index (χ2n) is 5.80. The van der Waals surface area contributed by atoms with Crippen LogP contribution in [-0.4, -0.2) is 26.1 Å². The van der Waals surface area contributed by atoms with Gasteiger partial charge in [0.2, 0.25) is 5.95 Å². The van der Waals surface area contributed by atoms with E-state index < -0.39 is 0 Å². The van der Waals surface area contributed by atoms with E-state index in [4.69, 9.17) is 0 Å². The van der Waals surface area contributed by atoms with Gasteiger partial charge in [-0.15, -0.1) is 0 Å². The second kappa shape index (κ2) is 6.16. The first-order chi connectivity index (χ1) is 11.8. The zero-order valence-corrected chi connectivity index (χ0v) is 13.0. The van der Waals surface area contributed by atoms with Crippen LogP contribution in [0.15, 0.2) is 54.9 Å². The van der Waals surface area contributed by atoms with Gasteiger partial charge in [-0.1, -0.05) is 6.07 Å². The Balaban J connectivity index is 1.69. The Morgan fingerprint density at radius 1 is 1.04 bits per heavy atom. The molecule has 0 atom stereocenters. The van der Waals surface area contributed by atoms with E-state index in [2.05, 4.69) is 25.6 Å². The van der Waals surface area contributed by atoms with Gasteiger partial charge < -0.3 is 15.7 Å². The zero-order valence-electron chi connectivity index (χ0n) is 13.0. The smallest absolute Gasteiger partial charge is 0.225 e. The van der Waals surface area contributed by atoms with E-state index in [1.54, 1.807) is 30.6 Å². The molecule has 1 saturated carbocycles. The molecule has 3 aromatic rings. The lowest BCUT2D eigenvalue weighted by Crippen LogP contribution is -2.07. The van der Waals surface area contributed by atoms with Crippen LogP contribution in [0.2, 0.25) is 0 Å². The molecule has 6 heteroatoms. The summed E-state index contributed by atoms with van der Waals surface area (Å²) in [6.07, 6.45) is 5.81. The van der Waals surface area contributed by atoms with Gasteiger partial charge in [0.15, 0.2) is 0 Å². The number of aromatic hydroxyl groups is 1. The number of anilines is 3. The number of benzene rings is 1. The molecule has 1 fully saturated rings. The van der Waals surface area contributed by atoms with Crippen molar-refractivity contribution in [3.63, 3.8) is 0 Å². The SMILES string of the molecule is Oc1cccc(Nc2cc(-c3cccnc3)nc(NC3CC3)n2)c1. The fourth-order valence-corrected chi connectivity index (χ4v) is 2.38. The first-order valence-electron chi connectivity index (χ1n) is 7.88. The number of pyridine rings is 1. The van der Waals surface area contributed by atoms with E-state index in [-0.39, 0.29) is 5.75 Å². The van der Waals surface area contributed by atoms with Gasteiger partial charge in [0.05, 0.1) is 5.69 Å². The lowest BCUT2D eigenvalue weighted by molar-refractivity contribution is 0.475. The molecule has 1 aromatic carbocycles. The largest absolute Gasteiger partial charge is 0.508 e. The van der Waals surface area contributed by atoms with Crippen LogP contribution in [0.4, 0.5) is 17.5 Å². The third-order valence-corrected chi connectivity index (χ3v) is 3.71. The standard InChI is InChI=1S/C18H17N5O/c24-15-5-1-4-14(9-15)20-17-10-16(12-3-2-8-19-11-12)22-18(23-17)21-13-6-7-13/h1-5,8-11,13,24H,6-7H2,(H2,20,21,22,23). The van der Waals surface area contributed by atoms with Crippen LogP contribution in [-0.2, 0) is 0 Å². The second-order valence-corrected chi connectivity index (χ2v) is 5.80. The third kappa shape index (κ3) is 3.43. The molecule has 2 heterocycles. The summed E-state index contributed by atoms with van der Waals surface area (Å²) in [6.45, 7) is 0. The van der Waals surface area contributed by atoms with Crippen molar-refractivity contribution in [3.8, 4) is 17.0 Å². The van der Waals surface area contributed by atoms with Crippen LogP contribution in [0, 0.1) is 0 Å². The Morgan fingerprint density at radius 3 is 2.71 bits per heavy atom. The summed E-state index contributed by atoms with van der Waals surface area (Å²) >= 11 is 0. The van der Waals surface area contributed by atoms with E-state index in [0.717, 1.165) is 29.8 Å². The maximum Gasteiger partial charge on any atom is 0.225 e. The molecule has 2 aromatic heterocycles. The number of hydrogen-bond donors (Lipinski definition) is 3. The van der Waals surface area contributed by atoms with Crippen molar-refractivity contribution in [1.29, 1.82) is 0 Å². The summed E-state index contributed by atoms with van der Waals surface area (Å²) in [7, 11) is 0. The lowest BCUT2D eigenvalue weighted by atomic mass is 10.2. The first kappa shape index (κ1) is 14.4. The molecule has 0 saturated heterocycles. The molecule has 0 radical (unpaired) electrons. The van der Waals surface area contributed by atoms with E-state index in [0.29, 0.717) is 17.8 Å². The number of nitrogens with one attached hydrogen (secondary N) is 2. The van der Waals surface area contributed by atoms with Crippen LogP contribution in [0.1, 0.15) is 12.8 Å². The Bertz CT molecular complexity index is 849. The molecular weight excluding hydrogens is 302 g/mol. The van der Waals surface area contributed by atoms with Gasteiger partial charge >= 0.3 is 0 Å². The fraction of sp³-hybridized carbons (Fsp3) is 0.167. The summed E-state index contributed by atoms with van der Waals surface area (Å²) in [5.41, 5.74) is 2.49. The predicted octanol–water partition coefficient (Wildman–Crippen LogP) is 3.56. The Hall–Kier alpha value is -3.15. The minimum atomic E-state index is 0.206. The number of nitrogens with zero attached hydrogens (tertiary/aromatic N) is 3. The van der Waals surface area contributed by atoms with Gasteiger partial charge in [-0.2, -0.15) is 4.98 Å². The summed E-state index contributed by atoms with van der Waals surface area (Å²) in [6, 6.07) is 13.1. The van der Waals surface area contributed by atoms with Crippen LogP contribution in [0.25, 0.3) is 11.3 Å². The average Bonchev–Trinajstić information content (AvgIpc) is 3.39. The molecule has 4 rings (SSSR count). The number of phenols is 1. The summed E-state index contributed by atoms with van der Waals surface area (Å²) in [5, 5.41) is 16.2. The highest BCUT2D eigenvalue weighted by atomic mass is 16.3. The molecule has 0 amide bonds. The van der Waals surface area contributed by atoms with Crippen LogP contribution >= 0.6 is 0 Å². The van der Waals surface area contributed by atoms with Crippen molar-refractivity contribution < 1.29 is 5.11 Å². The number of aromatic nitrogens is 3. The molecule has 0 bridgehead atoms. The third-order valence-electron chi connectivity index (χ3n) is 3.71. The molecule has 0 spiro atoms. The lowest BCUT2D eigenvalue weighted by Gasteiger charge is -2.11. The molecular formula is C18H17N5O. The predicted molar refractivity (Wildman–Crippen MR) is 93.3 cm³/mol. The van der Waals surface area contributed by atoms with E-state index >= 15 is 0 Å².